The molecule has 0 aromatic carbocycles. The van der Waals surface area contributed by atoms with Crippen molar-refractivity contribution in [2.24, 2.45) is 5.92 Å². The van der Waals surface area contributed by atoms with Crippen LogP contribution in [0.1, 0.15) is 37.8 Å². The minimum absolute atomic E-state index is 0.184. The Morgan fingerprint density at radius 3 is 2.09 bits per heavy atom. The minimum Gasteiger partial charge on any atom is -0.306 e. The molecular weight excluding hydrogens is 455 g/mol. The highest BCUT2D eigenvalue weighted by Gasteiger charge is 2.26. The highest BCUT2D eigenvalue weighted by molar-refractivity contribution is 4.99. The predicted molar refractivity (Wildman–Crippen MR) is 126 cm³/mol. The number of aryl methyl sites for hydroxylation is 2. The van der Waals surface area contributed by atoms with Crippen LogP contribution in [0.2, 0.25) is 0 Å². The van der Waals surface area contributed by atoms with E-state index in [9.17, 15) is 22.0 Å². The number of H-pyrrole nitrogens is 1. The third kappa shape index (κ3) is 16.6. The molecule has 34 heavy (non-hydrogen) atoms. The monoisotopic (exact) mass is 496 g/mol. The van der Waals surface area contributed by atoms with Crippen molar-refractivity contribution in [3.63, 3.8) is 0 Å². The van der Waals surface area contributed by atoms with Gasteiger partial charge in [-0.1, -0.05) is 13.8 Å². The number of likely N-dealkylation sites (tertiary alicyclic amines) is 1. The van der Waals surface area contributed by atoms with Gasteiger partial charge in [-0.05, 0) is 64.5 Å². The fraction of sp³-hybridized carbons (Fsp3) is 0.739. The number of nitrogens with one attached hydrogen (secondary N) is 1. The summed E-state index contributed by atoms with van der Waals surface area (Å²) in [5.41, 5.74) is 2.08. The molecule has 1 fully saturated rings. The van der Waals surface area contributed by atoms with Gasteiger partial charge in [-0.2, -0.15) is 10.2 Å². The molecule has 0 radical (unpaired) electrons. The molecule has 1 N–H and O–H groups in total. The van der Waals surface area contributed by atoms with E-state index in [4.69, 9.17) is 0 Å². The highest BCUT2D eigenvalue weighted by Crippen LogP contribution is 2.20. The molecule has 1 aliphatic heterocycles. The van der Waals surface area contributed by atoms with Gasteiger partial charge in [0.25, 0.3) is 6.43 Å². The van der Waals surface area contributed by atoms with Crippen molar-refractivity contribution < 1.29 is 22.0 Å². The van der Waals surface area contributed by atoms with E-state index in [1.165, 1.54) is 10.2 Å². The molecule has 1 atom stereocenters. The molecule has 2 aromatic heterocycles. The van der Waals surface area contributed by atoms with Gasteiger partial charge in [0, 0.05) is 31.4 Å². The second-order valence-corrected chi connectivity index (χ2v) is 8.12. The first-order valence-corrected chi connectivity index (χ1v) is 11.6. The number of halogens is 5. The Balaban J connectivity index is 0.000000433. The van der Waals surface area contributed by atoms with Gasteiger partial charge in [-0.25, -0.2) is 17.6 Å². The Kier molecular flexibility index (Phi) is 18.2. The molecule has 3 rings (SSSR count). The third-order valence-electron chi connectivity index (χ3n) is 5.01. The summed E-state index contributed by atoms with van der Waals surface area (Å²) in [5, 5.41) is 10.1. The van der Waals surface area contributed by atoms with E-state index in [0.29, 0.717) is 19.4 Å². The van der Waals surface area contributed by atoms with Crippen molar-refractivity contribution in [2.75, 3.05) is 46.4 Å². The Morgan fingerprint density at radius 2 is 1.79 bits per heavy atom. The Bertz CT molecular complexity index is 692. The standard InChI is InChI=1S/C7H16FN.C6H8F2N2.C6H11F2N.C4H6N2/c1-3-9(4-2)7-5-6-8;1-5-2-9-10(3-5)4-6(7)8;1-9-3-2-5(4-9)6(7)8;1-4-2-5-6-3-4/h3-7H2,1-2H3;2-3,6H,4H2,1H3;5-6H,2-4H2,1H3;2-3H,1H3,(H,5,6). The van der Waals surface area contributed by atoms with Gasteiger partial charge < -0.3 is 9.80 Å². The summed E-state index contributed by atoms with van der Waals surface area (Å²) in [6.45, 7) is 11.9. The third-order valence-corrected chi connectivity index (χ3v) is 5.01. The van der Waals surface area contributed by atoms with Crippen LogP contribution < -0.4 is 0 Å². The van der Waals surface area contributed by atoms with Crippen molar-refractivity contribution in [1.82, 2.24) is 29.8 Å². The molecule has 1 unspecified atom stereocenters. The summed E-state index contributed by atoms with van der Waals surface area (Å²) in [4.78, 5) is 4.16. The van der Waals surface area contributed by atoms with Crippen LogP contribution in [0.25, 0.3) is 0 Å². The van der Waals surface area contributed by atoms with E-state index in [1.54, 1.807) is 18.6 Å². The smallest absolute Gasteiger partial charge is 0.257 e. The largest absolute Gasteiger partial charge is 0.306 e. The van der Waals surface area contributed by atoms with Crippen LogP contribution in [0, 0.1) is 19.8 Å². The predicted octanol–water partition coefficient (Wildman–Crippen LogP) is 5.07. The minimum atomic E-state index is -2.32. The van der Waals surface area contributed by atoms with E-state index < -0.39 is 12.9 Å². The van der Waals surface area contributed by atoms with E-state index in [-0.39, 0.29) is 19.1 Å². The van der Waals surface area contributed by atoms with Crippen molar-refractivity contribution >= 4 is 0 Å². The highest BCUT2D eigenvalue weighted by atomic mass is 19.3. The lowest BCUT2D eigenvalue weighted by Crippen LogP contribution is -2.24. The average molecular weight is 497 g/mol. The molecule has 3 heterocycles. The van der Waals surface area contributed by atoms with E-state index in [1.807, 2.05) is 32.0 Å². The van der Waals surface area contributed by atoms with Crippen LogP contribution in [0.15, 0.2) is 24.8 Å². The van der Waals surface area contributed by atoms with Gasteiger partial charge in [0.15, 0.2) is 0 Å². The van der Waals surface area contributed by atoms with Gasteiger partial charge in [0.2, 0.25) is 6.43 Å². The van der Waals surface area contributed by atoms with Crippen molar-refractivity contribution in [1.29, 1.82) is 0 Å². The first-order valence-electron chi connectivity index (χ1n) is 11.6. The Labute approximate surface area is 200 Å². The van der Waals surface area contributed by atoms with E-state index >= 15 is 0 Å². The summed E-state index contributed by atoms with van der Waals surface area (Å²) < 4.78 is 59.9. The van der Waals surface area contributed by atoms with E-state index in [0.717, 1.165) is 31.7 Å². The van der Waals surface area contributed by atoms with Crippen LogP contribution >= 0.6 is 0 Å². The summed E-state index contributed by atoms with van der Waals surface area (Å²) >= 11 is 0. The Hall–Kier alpha value is -2.01. The first-order chi connectivity index (χ1) is 16.1. The molecule has 11 heteroatoms. The maximum Gasteiger partial charge on any atom is 0.257 e. The van der Waals surface area contributed by atoms with Gasteiger partial charge in [-0.3, -0.25) is 14.2 Å². The SMILES string of the molecule is CCN(CC)CCCF.CN1CCC(C(F)F)C1.Cc1cn[nH]c1.Cc1cnn(CC(F)F)c1. The lowest BCUT2D eigenvalue weighted by Gasteiger charge is -2.16. The molecule has 0 spiro atoms. The number of hydrogen-bond donors (Lipinski definition) is 1. The fourth-order valence-corrected chi connectivity index (χ4v) is 3.02. The van der Waals surface area contributed by atoms with Gasteiger partial charge in [0.05, 0.1) is 19.1 Å². The van der Waals surface area contributed by atoms with Crippen LogP contribution in [-0.2, 0) is 6.54 Å². The summed E-state index contributed by atoms with van der Waals surface area (Å²) in [6, 6.07) is 0. The maximum absolute atomic E-state index is 11.9. The van der Waals surface area contributed by atoms with Crippen molar-refractivity contribution in [3.05, 3.63) is 35.9 Å². The molecule has 0 saturated carbocycles. The zero-order valence-electron chi connectivity index (χ0n) is 21.0. The summed E-state index contributed by atoms with van der Waals surface area (Å²) in [6.07, 6.45) is 3.68. The summed E-state index contributed by atoms with van der Waals surface area (Å²) in [5.74, 6) is -0.366. The molecule has 2 aromatic rings. The van der Waals surface area contributed by atoms with Crippen LogP contribution in [0.5, 0.6) is 0 Å². The lowest BCUT2D eigenvalue weighted by atomic mass is 10.1. The van der Waals surface area contributed by atoms with Crippen LogP contribution in [0.4, 0.5) is 22.0 Å². The number of aromatic amines is 1. The first kappa shape index (κ1) is 32.0. The normalized spacial score (nSPS) is 15.5. The second-order valence-electron chi connectivity index (χ2n) is 8.12. The summed E-state index contributed by atoms with van der Waals surface area (Å²) in [7, 11) is 1.88. The zero-order valence-corrected chi connectivity index (χ0v) is 21.0. The Morgan fingerprint density at radius 1 is 1.12 bits per heavy atom. The number of nitrogens with zero attached hydrogens (tertiary/aromatic N) is 5. The van der Waals surface area contributed by atoms with Crippen molar-refractivity contribution in [3.8, 4) is 0 Å². The molecular formula is C23H41F5N6. The van der Waals surface area contributed by atoms with Gasteiger partial charge >= 0.3 is 0 Å². The molecule has 198 valence electrons. The molecule has 0 aliphatic carbocycles. The van der Waals surface area contributed by atoms with Gasteiger partial charge in [0.1, 0.15) is 6.54 Å². The number of rotatable bonds is 8. The number of hydrogen-bond acceptors (Lipinski definition) is 4. The maximum atomic E-state index is 11.9. The van der Waals surface area contributed by atoms with Crippen LogP contribution in [0.3, 0.4) is 0 Å². The van der Waals surface area contributed by atoms with Crippen LogP contribution in [-0.4, -0.2) is 89.1 Å². The quantitative estimate of drug-likeness (QED) is 0.519. The average Bonchev–Trinajstić information content (AvgIpc) is 3.53. The lowest BCUT2D eigenvalue weighted by molar-refractivity contribution is 0.0823. The number of aromatic nitrogens is 4. The second kappa shape index (κ2) is 19.3. The molecule has 0 amide bonds. The number of alkyl halides is 5. The van der Waals surface area contributed by atoms with Crippen molar-refractivity contribution in [2.45, 2.75) is 59.9 Å². The molecule has 6 nitrogen and oxygen atoms in total. The zero-order chi connectivity index (χ0) is 25.9. The van der Waals surface area contributed by atoms with Gasteiger partial charge in [-0.15, -0.1) is 0 Å². The fourth-order valence-electron chi connectivity index (χ4n) is 3.02. The molecule has 1 aliphatic rings. The van der Waals surface area contributed by atoms with E-state index in [2.05, 4.69) is 34.0 Å². The topological polar surface area (TPSA) is 53.0 Å². The molecule has 0 bridgehead atoms. The molecule has 1 saturated heterocycles.